The molecule has 0 saturated heterocycles. The molecule has 0 aliphatic rings. The summed E-state index contributed by atoms with van der Waals surface area (Å²) in [5.41, 5.74) is 1.53. The van der Waals surface area contributed by atoms with E-state index < -0.39 is 5.97 Å². The highest BCUT2D eigenvalue weighted by Crippen LogP contribution is 2.26. The van der Waals surface area contributed by atoms with Crippen LogP contribution in [0.15, 0.2) is 18.2 Å². The van der Waals surface area contributed by atoms with Crippen LogP contribution >= 0.6 is 11.6 Å². The number of fused-ring (bicyclic) bond motifs is 1. The summed E-state index contributed by atoms with van der Waals surface area (Å²) in [5.74, 6) is -0.406. The molecule has 18 heavy (non-hydrogen) atoms. The van der Waals surface area contributed by atoms with E-state index in [1.165, 1.54) is 0 Å². The zero-order chi connectivity index (χ0) is 13.3. The number of carbonyl (C=O) groups excluding carboxylic acids is 1. The number of ether oxygens (including phenoxy) is 1. The Bertz CT molecular complexity index is 668. The molecule has 0 atom stereocenters. The summed E-state index contributed by atoms with van der Waals surface area (Å²) in [7, 11) is 1.73. The first-order valence-corrected chi connectivity index (χ1v) is 5.82. The molecule has 0 aliphatic carbocycles. The number of rotatable bonds is 2. The van der Waals surface area contributed by atoms with Crippen LogP contribution in [-0.4, -0.2) is 17.1 Å². The summed E-state index contributed by atoms with van der Waals surface area (Å²) in [5, 5.41) is 10.3. The summed E-state index contributed by atoms with van der Waals surface area (Å²) in [6.07, 6.45) is 0. The summed E-state index contributed by atoms with van der Waals surface area (Å²) >= 11 is 5.93. The third kappa shape index (κ3) is 1.93. The van der Waals surface area contributed by atoms with Gasteiger partial charge in [-0.15, -0.1) is 0 Å². The molecule has 0 radical (unpaired) electrons. The quantitative estimate of drug-likeness (QED) is 0.782. The van der Waals surface area contributed by atoms with Gasteiger partial charge in [-0.05, 0) is 25.1 Å². The average molecular weight is 263 g/mol. The lowest BCUT2D eigenvalue weighted by Gasteiger charge is -2.04. The Morgan fingerprint density at radius 1 is 1.50 bits per heavy atom. The van der Waals surface area contributed by atoms with Crippen LogP contribution in [0.3, 0.4) is 0 Å². The van der Waals surface area contributed by atoms with Crippen molar-refractivity contribution in [1.29, 1.82) is 5.26 Å². The highest BCUT2D eigenvalue weighted by molar-refractivity contribution is 6.31. The van der Waals surface area contributed by atoms with E-state index in [0.29, 0.717) is 28.4 Å². The van der Waals surface area contributed by atoms with Crippen LogP contribution in [-0.2, 0) is 11.8 Å². The van der Waals surface area contributed by atoms with Crippen molar-refractivity contribution < 1.29 is 9.53 Å². The first-order valence-electron chi connectivity index (χ1n) is 5.44. The van der Waals surface area contributed by atoms with Crippen molar-refractivity contribution in [2.75, 3.05) is 6.61 Å². The Kier molecular flexibility index (Phi) is 3.26. The minimum absolute atomic E-state index is 0.312. The largest absolute Gasteiger partial charge is 0.461 e. The van der Waals surface area contributed by atoms with E-state index in [9.17, 15) is 4.79 Å². The van der Waals surface area contributed by atoms with Gasteiger partial charge < -0.3 is 9.30 Å². The number of hydrogen-bond acceptors (Lipinski definition) is 3. The highest BCUT2D eigenvalue weighted by Gasteiger charge is 2.17. The number of benzene rings is 1. The molecule has 4 nitrogen and oxygen atoms in total. The van der Waals surface area contributed by atoms with E-state index in [-0.39, 0.29) is 0 Å². The monoisotopic (exact) mass is 262 g/mol. The number of halogens is 1. The molecule has 0 spiro atoms. The van der Waals surface area contributed by atoms with E-state index in [0.717, 1.165) is 5.39 Å². The maximum absolute atomic E-state index is 11.8. The lowest BCUT2D eigenvalue weighted by atomic mass is 10.1. The number of aromatic nitrogens is 1. The molecule has 0 saturated carbocycles. The standard InChI is InChI=1S/C13H11ClN2O2/c1-3-18-13(17)11-6-8-4-10(14)5-9(7-15)12(8)16(11)2/h4-6H,3H2,1-2H3. The van der Waals surface area contributed by atoms with E-state index in [1.54, 1.807) is 36.7 Å². The van der Waals surface area contributed by atoms with Crippen LogP contribution in [0.4, 0.5) is 0 Å². The minimum atomic E-state index is -0.406. The number of esters is 1. The van der Waals surface area contributed by atoms with Gasteiger partial charge >= 0.3 is 5.97 Å². The molecule has 1 aromatic carbocycles. The molecule has 0 bridgehead atoms. The smallest absolute Gasteiger partial charge is 0.354 e. The normalized spacial score (nSPS) is 10.3. The van der Waals surface area contributed by atoms with Gasteiger partial charge in [-0.25, -0.2) is 4.79 Å². The van der Waals surface area contributed by atoms with Gasteiger partial charge in [0.05, 0.1) is 17.7 Å². The Labute approximate surface area is 109 Å². The zero-order valence-electron chi connectivity index (χ0n) is 10.0. The summed E-state index contributed by atoms with van der Waals surface area (Å²) in [6.45, 7) is 2.06. The fourth-order valence-electron chi connectivity index (χ4n) is 1.96. The zero-order valence-corrected chi connectivity index (χ0v) is 10.8. The third-order valence-corrected chi connectivity index (χ3v) is 2.92. The molecule has 2 aromatic rings. The van der Waals surface area contributed by atoms with Crippen LogP contribution in [0.5, 0.6) is 0 Å². The summed E-state index contributed by atoms with van der Waals surface area (Å²) in [4.78, 5) is 11.8. The van der Waals surface area contributed by atoms with Gasteiger partial charge in [-0.2, -0.15) is 5.26 Å². The van der Waals surface area contributed by atoms with Gasteiger partial charge in [-0.3, -0.25) is 0 Å². The molecule has 0 unspecified atom stereocenters. The van der Waals surface area contributed by atoms with Gasteiger partial charge in [0.2, 0.25) is 0 Å². The molecule has 0 fully saturated rings. The maximum atomic E-state index is 11.8. The molecule has 0 aliphatic heterocycles. The number of hydrogen-bond donors (Lipinski definition) is 0. The molecule has 1 heterocycles. The van der Waals surface area contributed by atoms with Crippen molar-refractivity contribution in [1.82, 2.24) is 4.57 Å². The van der Waals surface area contributed by atoms with Gasteiger partial charge in [0, 0.05) is 17.5 Å². The lowest BCUT2D eigenvalue weighted by molar-refractivity contribution is 0.0516. The Morgan fingerprint density at radius 2 is 2.22 bits per heavy atom. The molecule has 92 valence electrons. The number of nitrogens with zero attached hydrogens (tertiary/aromatic N) is 2. The van der Waals surface area contributed by atoms with Crippen molar-refractivity contribution in [3.8, 4) is 6.07 Å². The van der Waals surface area contributed by atoms with Crippen LogP contribution < -0.4 is 0 Å². The van der Waals surface area contributed by atoms with Crippen molar-refractivity contribution in [2.24, 2.45) is 7.05 Å². The van der Waals surface area contributed by atoms with E-state index in [4.69, 9.17) is 21.6 Å². The molecule has 5 heteroatoms. The second-order valence-electron chi connectivity index (χ2n) is 3.81. The van der Waals surface area contributed by atoms with Crippen LogP contribution in [0.1, 0.15) is 23.0 Å². The van der Waals surface area contributed by atoms with E-state index in [2.05, 4.69) is 6.07 Å². The minimum Gasteiger partial charge on any atom is -0.461 e. The maximum Gasteiger partial charge on any atom is 0.354 e. The van der Waals surface area contributed by atoms with E-state index in [1.807, 2.05) is 0 Å². The number of nitriles is 1. The average Bonchev–Trinajstić information content (AvgIpc) is 2.66. The third-order valence-electron chi connectivity index (χ3n) is 2.70. The van der Waals surface area contributed by atoms with Crippen molar-refractivity contribution >= 4 is 28.5 Å². The topological polar surface area (TPSA) is 55.0 Å². The van der Waals surface area contributed by atoms with Crippen LogP contribution in [0, 0.1) is 11.3 Å². The Morgan fingerprint density at radius 3 is 2.83 bits per heavy atom. The van der Waals surface area contributed by atoms with Crippen molar-refractivity contribution in [3.63, 3.8) is 0 Å². The second kappa shape index (κ2) is 4.71. The fourth-order valence-corrected chi connectivity index (χ4v) is 2.18. The molecule has 1 aromatic heterocycles. The predicted molar refractivity (Wildman–Crippen MR) is 68.6 cm³/mol. The van der Waals surface area contributed by atoms with E-state index >= 15 is 0 Å². The molecule has 0 N–H and O–H groups in total. The van der Waals surface area contributed by atoms with Crippen molar-refractivity contribution in [2.45, 2.75) is 6.92 Å². The molecular formula is C13H11ClN2O2. The molecular weight excluding hydrogens is 252 g/mol. The Hall–Kier alpha value is -1.99. The summed E-state index contributed by atoms with van der Waals surface area (Å²) in [6, 6.07) is 7.06. The molecule has 0 amide bonds. The van der Waals surface area contributed by atoms with Crippen molar-refractivity contribution in [3.05, 3.63) is 34.5 Å². The second-order valence-corrected chi connectivity index (χ2v) is 4.25. The Balaban J connectivity index is 2.71. The van der Waals surface area contributed by atoms with Gasteiger partial charge in [0.25, 0.3) is 0 Å². The molecule has 2 rings (SSSR count). The number of aryl methyl sites for hydroxylation is 1. The van der Waals surface area contributed by atoms with Gasteiger partial charge in [0.1, 0.15) is 11.8 Å². The predicted octanol–water partition coefficient (Wildman–Crippen LogP) is 2.88. The van der Waals surface area contributed by atoms with Crippen LogP contribution in [0.25, 0.3) is 10.9 Å². The highest BCUT2D eigenvalue weighted by atomic mass is 35.5. The van der Waals surface area contributed by atoms with Gasteiger partial charge in [0.15, 0.2) is 0 Å². The first kappa shape index (κ1) is 12.5. The van der Waals surface area contributed by atoms with Gasteiger partial charge in [-0.1, -0.05) is 11.6 Å². The SMILES string of the molecule is CCOC(=O)c1cc2cc(Cl)cc(C#N)c2n1C. The fraction of sp³-hybridized carbons (Fsp3) is 0.231. The number of carbonyl (C=O) groups is 1. The first-order chi connectivity index (χ1) is 8.58. The van der Waals surface area contributed by atoms with Crippen LogP contribution in [0.2, 0.25) is 5.02 Å². The lowest BCUT2D eigenvalue weighted by Crippen LogP contribution is -2.09. The summed E-state index contributed by atoms with van der Waals surface area (Å²) < 4.78 is 6.62.